The fraction of sp³-hybridized carbons (Fsp3) is 0.385. The first-order chi connectivity index (χ1) is 16.4. The van der Waals surface area contributed by atoms with Gasteiger partial charge in [0.1, 0.15) is 5.82 Å². The molecule has 0 aliphatic carbocycles. The Bertz CT molecular complexity index is 1270. The van der Waals surface area contributed by atoms with Crippen LogP contribution in [-0.2, 0) is 4.79 Å². The molecular formula is C26H27Cl2FN4O. The van der Waals surface area contributed by atoms with Gasteiger partial charge in [0, 0.05) is 34.8 Å². The third kappa shape index (κ3) is 4.47. The molecule has 1 N–H and O–H groups in total. The van der Waals surface area contributed by atoms with Crippen molar-refractivity contribution >= 4 is 45.7 Å². The monoisotopic (exact) mass is 500 g/mol. The summed E-state index contributed by atoms with van der Waals surface area (Å²) >= 11 is 12.5. The van der Waals surface area contributed by atoms with Gasteiger partial charge in [0.25, 0.3) is 0 Å². The van der Waals surface area contributed by atoms with Gasteiger partial charge in [0.15, 0.2) is 0 Å². The Kier molecular flexibility index (Phi) is 6.65. The number of amides is 1. The Labute approximate surface area is 208 Å². The average molecular weight is 501 g/mol. The molecule has 5 rings (SSSR count). The van der Waals surface area contributed by atoms with E-state index in [2.05, 4.69) is 10.3 Å². The van der Waals surface area contributed by atoms with Crippen molar-refractivity contribution in [2.24, 2.45) is 0 Å². The summed E-state index contributed by atoms with van der Waals surface area (Å²) in [6.45, 7) is 4.02. The maximum Gasteiger partial charge on any atom is 0.239 e. The van der Waals surface area contributed by atoms with E-state index in [1.807, 2.05) is 40.7 Å². The zero-order chi connectivity index (χ0) is 23.8. The number of fused-ring (bicyclic) bond motifs is 1. The number of hydrogen-bond acceptors (Lipinski definition) is 3. The first kappa shape index (κ1) is 23.3. The lowest BCUT2D eigenvalue weighted by Gasteiger charge is -2.32. The largest absolute Gasteiger partial charge is 0.337 e. The van der Waals surface area contributed by atoms with E-state index in [4.69, 9.17) is 23.2 Å². The molecule has 0 bridgehead atoms. The normalized spacial score (nSPS) is 19.8. The zero-order valence-corrected chi connectivity index (χ0v) is 20.5. The molecule has 1 amide bonds. The van der Waals surface area contributed by atoms with Crippen LogP contribution in [0.25, 0.3) is 16.6 Å². The highest BCUT2D eigenvalue weighted by molar-refractivity contribution is 6.35. The van der Waals surface area contributed by atoms with Crippen LogP contribution in [-0.4, -0.2) is 46.0 Å². The van der Waals surface area contributed by atoms with Gasteiger partial charge < -0.3 is 14.8 Å². The van der Waals surface area contributed by atoms with Gasteiger partial charge in [-0.3, -0.25) is 4.79 Å². The van der Waals surface area contributed by atoms with Crippen molar-refractivity contribution in [1.82, 2.24) is 19.8 Å². The standard InChI is InChI=1S/C26H27Cl2FN4O/c1-16(19-6-5-18(27)12-21(19)28)33-15-31-24-14-22(29)20(13-25(24)33)17-7-10-32(11-8-17)26(34)23-4-2-3-9-30-23/h5-7,12-16,23,30H,2-4,8-11H2,1H3/t16-,23-/m1/s1. The second-order valence-electron chi connectivity index (χ2n) is 9.08. The third-order valence-electron chi connectivity index (χ3n) is 6.97. The lowest BCUT2D eigenvalue weighted by molar-refractivity contribution is -0.133. The van der Waals surface area contributed by atoms with E-state index in [-0.39, 0.29) is 23.8 Å². The minimum Gasteiger partial charge on any atom is -0.337 e. The number of halogens is 3. The van der Waals surface area contributed by atoms with Crippen LogP contribution in [0.4, 0.5) is 4.39 Å². The number of hydrogen-bond donors (Lipinski definition) is 1. The Morgan fingerprint density at radius 3 is 2.79 bits per heavy atom. The maximum atomic E-state index is 15.1. The molecule has 2 aliphatic heterocycles. The zero-order valence-electron chi connectivity index (χ0n) is 19.0. The van der Waals surface area contributed by atoms with Gasteiger partial charge in [-0.1, -0.05) is 41.8 Å². The Morgan fingerprint density at radius 1 is 1.24 bits per heavy atom. The molecule has 2 atom stereocenters. The Morgan fingerprint density at radius 2 is 2.09 bits per heavy atom. The highest BCUT2D eigenvalue weighted by atomic mass is 35.5. The minimum atomic E-state index is -0.296. The van der Waals surface area contributed by atoms with Crippen molar-refractivity contribution in [2.45, 2.75) is 44.7 Å². The molecule has 1 fully saturated rings. The average Bonchev–Trinajstić information content (AvgIpc) is 3.26. The van der Waals surface area contributed by atoms with Crippen molar-refractivity contribution in [3.8, 4) is 0 Å². The summed E-state index contributed by atoms with van der Waals surface area (Å²) < 4.78 is 17.1. The predicted molar refractivity (Wildman–Crippen MR) is 135 cm³/mol. The SMILES string of the molecule is C[C@H](c1ccc(Cl)cc1Cl)n1cnc2cc(F)c(C3=CCN(C(=O)[C@H]4CCCCN4)CC3)cc21. The van der Waals surface area contributed by atoms with Gasteiger partial charge in [0.05, 0.1) is 29.4 Å². The predicted octanol–water partition coefficient (Wildman–Crippen LogP) is 5.85. The van der Waals surface area contributed by atoms with Gasteiger partial charge in [-0.2, -0.15) is 0 Å². The summed E-state index contributed by atoms with van der Waals surface area (Å²) in [5.41, 5.74) is 3.82. The quantitative estimate of drug-likeness (QED) is 0.488. The van der Waals surface area contributed by atoms with E-state index in [1.54, 1.807) is 12.4 Å². The smallest absolute Gasteiger partial charge is 0.239 e. The van der Waals surface area contributed by atoms with Crippen LogP contribution in [0, 0.1) is 5.82 Å². The molecule has 1 saturated heterocycles. The van der Waals surface area contributed by atoms with Crippen LogP contribution >= 0.6 is 23.2 Å². The summed E-state index contributed by atoms with van der Waals surface area (Å²) in [5, 5.41) is 4.48. The van der Waals surface area contributed by atoms with Gasteiger partial charge in [-0.05, 0) is 62.1 Å². The minimum absolute atomic E-state index is 0.0904. The van der Waals surface area contributed by atoms with Crippen LogP contribution in [0.15, 0.2) is 42.7 Å². The number of rotatable bonds is 4. The Hall–Kier alpha value is -2.41. The summed E-state index contributed by atoms with van der Waals surface area (Å²) in [6, 6.07) is 8.60. The molecule has 2 aromatic carbocycles. The van der Waals surface area contributed by atoms with Gasteiger partial charge in [-0.15, -0.1) is 0 Å². The van der Waals surface area contributed by atoms with Crippen LogP contribution in [0.2, 0.25) is 10.0 Å². The van der Waals surface area contributed by atoms with Crippen molar-refractivity contribution in [1.29, 1.82) is 0 Å². The molecule has 2 aliphatic rings. The summed E-state index contributed by atoms with van der Waals surface area (Å²) in [4.78, 5) is 19.1. The van der Waals surface area contributed by atoms with Crippen molar-refractivity contribution in [3.05, 3.63) is 69.7 Å². The van der Waals surface area contributed by atoms with Crippen LogP contribution in [0.1, 0.15) is 49.8 Å². The molecule has 3 heterocycles. The molecule has 0 saturated carbocycles. The van der Waals surface area contributed by atoms with E-state index < -0.39 is 0 Å². The topological polar surface area (TPSA) is 50.2 Å². The van der Waals surface area contributed by atoms with Crippen LogP contribution in [0.3, 0.4) is 0 Å². The summed E-state index contributed by atoms with van der Waals surface area (Å²) in [7, 11) is 0. The van der Waals surface area contributed by atoms with Crippen LogP contribution < -0.4 is 5.32 Å². The molecular weight excluding hydrogens is 474 g/mol. The number of benzene rings is 2. The second-order valence-corrected chi connectivity index (χ2v) is 9.92. The fourth-order valence-electron chi connectivity index (χ4n) is 4.99. The van der Waals surface area contributed by atoms with Crippen molar-refractivity contribution in [3.63, 3.8) is 0 Å². The highest BCUT2D eigenvalue weighted by Gasteiger charge is 2.27. The molecule has 8 heteroatoms. The molecule has 34 heavy (non-hydrogen) atoms. The molecule has 5 nitrogen and oxygen atoms in total. The molecule has 0 spiro atoms. The lowest BCUT2D eigenvalue weighted by Crippen LogP contribution is -2.49. The van der Waals surface area contributed by atoms with Crippen molar-refractivity contribution < 1.29 is 9.18 Å². The lowest BCUT2D eigenvalue weighted by atomic mass is 9.97. The van der Waals surface area contributed by atoms with Gasteiger partial charge in [0.2, 0.25) is 5.91 Å². The first-order valence-corrected chi connectivity index (χ1v) is 12.5. The van der Waals surface area contributed by atoms with Crippen molar-refractivity contribution in [2.75, 3.05) is 19.6 Å². The number of piperidine rings is 1. The summed E-state index contributed by atoms with van der Waals surface area (Å²) in [5.74, 6) is -0.146. The molecule has 1 aromatic heterocycles. The van der Waals surface area contributed by atoms with Gasteiger partial charge >= 0.3 is 0 Å². The number of aromatic nitrogens is 2. The van der Waals surface area contributed by atoms with E-state index in [0.29, 0.717) is 40.6 Å². The summed E-state index contributed by atoms with van der Waals surface area (Å²) in [6.07, 6.45) is 7.40. The molecule has 3 aromatic rings. The first-order valence-electron chi connectivity index (χ1n) is 11.7. The fourth-order valence-corrected chi connectivity index (χ4v) is 5.56. The van der Waals surface area contributed by atoms with E-state index in [0.717, 1.165) is 42.5 Å². The van der Waals surface area contributed by atoms with E-state index >= 15 is 4.39 Å². The van der Waals surface area contributed by atoms with E-state index in [9.17, 15) is 4.79 Å². The third-order valence-corrected chi connectivity index (χ3v) is 7.53. The number of nitrogens with one attached hydrogen (secondary N) is 1. The van der Waals surface area contributed by atoms with E-state index in [1.165, 1.54) is 6.07 Å². The number of carbonyl (C=O) groups is 1. The molecule has 178 valence electrons. The number of imidazole rings is 1. The molecule has 0 unspecified atom stereocenters. The Balaban J connectivity index is 1.41. The number of carbonyl (C=O) groups excluding carboxylic acids is 1. The van der Waals surface area contributed by atoms with Gasteiger partial charge in [-0.25, -0.2) is 9.37 Å². The maximum absolute atomic E-state index is 15.1. The highest BCUT2D eigenvalue weighted by Crippen LogP contribution is 2.33. The second kappa shape index (κ2) is 9.68. The number of nitrogens with zero attached hydrogens (tertiary/aromatic N) is 3. The van der Waals surface area contributed by atoms with Crippen LogP contribution in [0.5, 0.6) is 0 Å². The molecule has 0 radical (unpaired) electrons.